The van der Waals surface area contributed by atoms with Crippen LogP contribution in [-0.4, -0.2) is 22.6 Å². The van der Waals surface area contributed by atoms with Gasteiger partial charge >= 0.3 is 6.18 Å². The first-order valence-corrected chi connectivity index (χ1v) is 6.21. The molecule has 106 valence electrons. The molecule has 2 N–H and O–H groups in total. The Balaban J connectivity index is 2.88. The third kappa shape index (κ3) is 4.66. The highest BCUT2D eigenvalue weighted by atomic mass is 32.1. The summed E-state index contributed by atoms with van der Waals surface area (Å²) in [7, 11) is 0. The molecule has 0 amide bonds. The Morgan fingerprint density at radius 2 is 2.05 bits per heavy atom. The average molecular weight is 291 g/mol. The van der Waals surface area contributed by atoms with Crippen LogP contribution in [0.1, 0.15) is 25.8 Å². The fraction of sp³-hybridized carbons (Fsp3) is 0.500. The van der Waals surface area contributed by atoms with Crippen LogP contribution in [0.15, 0.2) is 18.3 Å². The molecule has 1 aromatic heterocycles. The van der Waals surface area contributed by atoms with Gasteiger partial charge in [0, 0.05) is 25.2 Å². The number of pyridine rings is 1. The van der Waals surface area contributed by atoms with Crippen molar-refractivity contribution in [3.05, 3.63) is 23.9 Å². The van der Waals surface area contributed by atoms with Crippen LogP contribution in [0.2, 0.25) is 0 Å². The standard InChI is InChI=1S/C12H16F3N3S/c1-8(2)18(6-5-10(16)19)11-4-3-9(7-17-11)12(13,14)15/h3-4,7-8H,5-6H2,1-2H3,(H2,16,19). The Morgan fingerprint density at radius 1 is 1.42 bits per heavy atom. The van der Waals surface area contributed by atoms with Crippen LogP contribution < -0.4 is 10.6 Å². The summed E-state index contributed by atoms with van der Waals surface area (Å²) < 4.78 is 37.3. The maximum Gasteiger partial charge on any atom is 0.417 e. The van der Waals surface area contributed by atoms with Gasteiger partial charge in [-0.3, -0.25) is 0 Å². The Kier molecular flexibility index (Phi) is 5.11. The SMILES string of the molecule is CC(C)N(CCC(N)=S)c1ccc(C(F)(F)F)cn1. The minimum absolute atomic E-state index is 0.0959. The second kappa shape index (κ2) is 6.18. The van der Waals surface area contributed by atoms with Gasteiger partial charge < -0.3 is 10.6 Å². The number of rotatable bonds is 5. The van der Waals surface area contributed by atoms with E-state index < -0.39 is 11.7 Å². The molecule has 0 bridgehead atoms. The monoisotopic (exact) mass is 291 g/mol. The van der Waals surface area contributed by atoms with Crippen molar-refractivity contribution in [1.29, 1.82) is 0 Å². The van der Waals surface area contributed by atoms with Crippen LogP contribution in [0.3, 0.4) is 0 Å². The van der Waals surface area contributed by atoms with Gasteiger partial charge in [0.2, 0.25) is 0 Å². The van der Waals surface area contributed by atoms with E-state index in [0.29, 0.717) is 23.8 Å². The van der Waals surface area contributed by atoms with Gasteiger partial charge in [0.1, 0.15) is 5.82 Å². The number of nitrogens with zero attached hydrogens (tertiary/aromatic N) is 2. The molecule has 7 heteroatoms. The van der Waals surface area contributed by atoms with Gasteiger partial charge in [0.25, 0.3) is 0 Å². The summed E-state index contributed by atoms with van der Waals surface area (Å²) in [5.41, 5.74) is 4.68. The third-order valence-electron chi connectivity index (χ3n) is 2.59. The number of aromatic nitrogens is 1. The van der Waals surface area contributed by atoms with Crippen molar-refractivity contribution in [2.75, 3.05) is 11.4 Å². The molecule has 0 aromatic carbocycles. The molecule has 0 saturated carbocycles. The van der Waals surface area contributed by atoms with Crippen molar-refractivity contribution in [3.63, 3.8) is 0 Å². The Morgan fingerprint density at radius 3 is 2.42 bits per heavy atom. The zero-order valence-corrected chi connectivity index (χ0v) is 11.6. The fourth-order valence-corrected chi connectivity index (χ4v) is 1.68. The van der Waals surface area contributed by atoms with E-state index in [1.165, 1.54) is 6.07 Å². The van der Waals surface area contributed by atoms with E-state index in [0.717, 1.165) is 12.3 Å². The number of halogens is 3. The molecule has 3 nitrogen and oxygen atoms in total. The first kappa shape index (κ1) is 15.7. The second-order valence-electron chi connectivity index (χ2n) is 4.41. The first-order chi connectivity index (χ1) is 8.71. The molecule has 0 spiro atoms. The van der Waals surface area contributed by atoms with E-state index in [9.17, 15) is 13.2 Å². The average Bonchev–Trinajstić information content (AvgIpc) is 2.27. The van der Waals surface area contributed by atoms with E-state index in [2.05, 4.69) is 4.98 Å². The lowest BCUT2D eigenvalue weighted by molar-refractivity contribution is -0.137. The van der Waals surface area contributed by atoms with Gasteiger partial charge in [-0.2, -0.15) is 13.2 Å². The molecular formula is C12H16F3N3S. The lowest BCUT2D eigenvalue weighted by Gasteiger charge is -2.27. The molecule has 0 saturated heterocycles. The molecule has 0 fully saturated rings. The summed E-state index contributed by atoms with van der Waals surface area (Å²) >= 11 is 4.80. The van der Waals surface area contributed by atoms with E-state index in [1.807, 2.05) is 18.7 Å². The highest BCUT2D eigenvalue weighted by Gasteiger charge is 2.30. The van der Waals surface area contributed by atoms with E-state index >= 15 is 0 Å². The number of hydrogen-bond acceptors (Lipinski definition) is 3. The number of hydrogen-bond donors (Lipinski definition) is 1. The summed E-state index contributed by atoms with van der Waals surface area (Å²) in [6.07, 6.45) is -3.03. The van der Waals surface area contributed by atoms with Crippen molar-refractivity contribution in [2.45, 2.75) is 32.5 Å². The minimum atomic E-state index is -4.37. The zero-order valence-electron chi connectivity index (χ0n) is 10.7. The van der Waals surface area contributed by atoms with Crippen LogP contribution in [0.5, 0.6) is 0 Å². The Labute approximate surface area is 115 Å². The van der Waals surface area contributed by atoms with Gasteiger partial charge in [-0.25, -0.2) is 4.98 Å². The van der Waals surface area contributed by atoms with Crippen LogP contribution >= 0.6 is 12.2 Å². The third-order valence-corrected chi connectivity index (χ3v) is 2.80. The largest absolute Gasteiger partial charge is 0.417 e. The molecule has 1 aromatic rings. The highest BCUT2D eigenvalue weighted by Crippen LogP contribution is 2.29. The predicted octanol–water partition coefficient (Wildman–Crippen LogP) is 2.99. The van der Waals surface area contributed by atoms with Gasteiger partial charge in [-0.05, 0) is 26.0 Å². The van der Waals surface area contributed by atoms with E-state index in [4.69, 9.17) is 18.0 Å². The second-order valence-corrected chi connectivity index (χ2v) is 4.93. The summed E-state index contributed by atoms with van der Waals surface area (Å²) in [5, 5.41) is 0. The molecule has 19 heavy (non-hydrogen) atoms. The minimum Gasteiger partial charge on any atom is -0.393 e. The van der Waals surface area contributed by atoms with Crippen LogP contribution in [0.4, 0.5) is 19.0 Å². The Bertz CT molecular complexity index is 429. The lowest BCUT2D eigenvalue weighted by Crippen LogP contribution is -2.34. The molecule has 0 aliphatic carbocycles. The maximum absolute atomic E-state index is 12.4. The van der Waals surface area contributed by atoms with Gasteiger partial charge in [0.15, 0.2) is 0 Å². The van der Waals surface area contributed by atoms with Crippen molar-refractivity contribution in [1.82, 2.24) is 4.98 Å². The topological polar surface area (TPSA) is 42.1 Å². The summed E-state index contributed by atoms with van der Waals surface area (Å²) in [6.45, 7) is 4.39. The first-order valence-electron chi connectivity index (χ1n) is 5.80. The Hall–Kier alpha value is -1.37. The van der Waals surface area contributed by atoms with Gasteiger partial charge in [-0.15, -0.1) is 0 Å². The quantitative estimate of drug-likeness (QED) is 0.847. The predicted molar refractivity (Wildman–Crippen MR) is 73.1 cm³/mol. The molecule has 0 atom stereocenters. The molecular weight excluding hydrogens is 275 g/mol. The van der Waals surface area contributed by atoms with E-state index in [1.54, 1.807) is 0 Å². The van der Waals surface area contributed by atoms with Crippen molar-refractivity contribution < 1.29 is 13.2 Å². The van der Waals surface area contributed by atoms with Crippen LogP contribution in [-0.2, 0) is 6.18 Å². The molecule has 0 aliphatic heterocycles. The number of nitrogens with two attached hydrogens (primary N) is 1. The summed E-state index contributed by atoms with van der Waals surface area (Å²) in [4.78, 5) is 6.10. The lowest BCUT2D eigenvalue weighted by atomic mass is 10.2. The van der Waals surface area contributed by atoms with Crippen LogP contribution in [0.25, 0.3) is 0 Å². The maximum atomic E-state index is 12.4. The van der Waals surface area contributed by atoms with Crippen molar-refractivity contribution in [2.24, 2.45) is 5.73 Å². The van der Waals surface area contributed by atoms with Crippen molar-refractivity contribution in [3.8, 4) is 0 Å². The summed E-state index contributed by atoms with van der Waals surface area (Å²) in [5.74, 6) is 0.485. The van der Waals surface area contributed by atoms with Crippen molar-refractivity contribution >= 4 is 23.0 Å². The van der Waals surface area contributed by atoms with Gasteiger partial charge in [-0.1, -0.05) is 12.2 Å². The number of alkyl halides is 3. The zero-order chi connectivity index (χ0) is 14.6. The number of anilines is 1. The smallest absolute Gasteiger partial charge is 0.393 e. The molecule has 0 radical (unpaired) electrons. The molecule has 1 rings (SSSR count). The molecule has 0 unspecified atom stereocenters. The summed E-state index contributed by atoms with van der Waals surface area (Å²) in [6, 6.07) is 2.49. The van der Waals surface area contributed by atoms with E-state index in [-0.39, 0.29) is 6.04 Å². The van der Waals surface area contributed by atoms with Crippen LogP contribution in [0, 0.1) is 0 Å². The highest BCUT2D eigenvalue weighted by molar-refractivity contribution is 7.80. The van der Waals surface area contributed by atoms with Gasteiger partial charge in [0.05, 0.1) is 10.6 Å². The fourth-order valence-electron chi connectivity index (χ4n) is 1.59. The molecule has 0 aliphatic rings. The molecule has 1 heterocycles. The number of thiocarbonyl (C=S) groups is 1. The normalized spacial score (nSPS) is 11.7.